The number of hydrogen-bond donors (Lipinski definition) is 2. The molecule has 2 N–H and O–H groups in total. The van der Waals surface area contributed by atoms with E-state index < -0.39 is 0 Å². The van der Waals surface area contributed by atoms with Crippen LogP contribution in [0.25, 0.3) is 0 Å². The van der Waals surface area contributed by atoms with Gasteiger partial charge < -0.3 is 0 Å². The summed E-state index contributed by atoms with van der Waals surface area (Å²) in [5, 5.41) is 15.5. The second-order valence-electron chi connectivity index (χ2n) is 0.0816. The zero-order valence-corrected chi connectivity index (χ0v) is 4.85. The van der Waals surface area contributed by atoms with Crippen LogP contribution >= 0.6 is 0 Å². The van der Waals surface area contributed by atoms with Crippen LogP contribution in [-0.4, -0.2) is 10.5 Å². The summed E-state index contributed by atoms with van der Waals surface area (Å²) in [6, 6.07) is 0. The van der Waals surface area contributed by atoms with Crippen molar-refractivity contribution < 1.29 is 52.1 Å². The van der Waals surface area contributed by atoms with Crippen LogP contribution in [0.15, 0.2) is 0 Å². The molecule has 0 amide bonds. The van der Waals surface area contributed by atoms with Crippen LogP contribution in [0.5, 0.6) is 0 Å². The Morgan fingerprint density at radius 1 is 1.20 bits per heavy atom. The Labute approximate surface area is 52.4 Å². The van der Waals surface area contributed by atoms with Crippen molar-refractivity contribution in [2.45, 2.75) is 0 Å². The third-order valence-electron chi connectivity index (χ3n) is 0. The van der Waals surface area contributed by atoms with Gasteiger partial charge in [0.25, 0.3) is 0 Å². The first-order valence-electron chi connectivity index (χ1n) is 0.365. The molecule has 0 aromatic rings. The fourth-order valence-corrected chi connectivity index (χ4v) is 0. The van der Waals surface area contributed by atoms with Crippen molar-refractivity contribution in [3.05, 3.63) is 0 Å². The minimum atomic E-state index is 0. The normalized spacial score (nSPS) is 3.60. The van der Waals surface area contributed by atoms with Gasteiger partial charge in [0.1, 0.15) is 0 Å². The monoisotopic (exact) mass is 208 g/mol. The van der Waals surface area contributed by atoms with E-state index in [0.29, 0.717) is 0 Å². The largest absolute Gasteiger partial charge is 0.221 e. The minimum Gasteiger partial charge on any atom is -0.221 e. The van der Waals surface area contributed by atoms with Gasteiger partial charge in [-0.1, -0.05) is 5.04 Å². The summed E-state index contributed by atoms with van der Waals surface area (Å²) >= 11 is 0. The zero-order chi connectivity index (χ0) is 2.71. The van der Waals surface area contributed by atoms with Crippen LogP contribution < -0.4 is 0 Å². The van der Waals surface area contributed by atoms with Crippen LogP contribution in [-0.2, 0) is 41.6 Å². The van der Waals surface area contributed by atoms with Crippen molar-refractivity contribution in [1.29, 1.82) is 0 Å². The van der Waals surface area contributed by atoms with E-state index >= 15 is 0 Å². The van der Waals surface area contributed by atoms with Gasteiger partial charge in [0.2, 0.25) is 0 Å². The van der Waals surface area contributed by atoms with Gasteiger partial charge in [-0.3, -0.25) is 0 Å². The molecule has 0 heterocycles. The quantitative estimate of drug-likeness (QED) is 0.332. The first-order valence-corrected chi connectivity index (χ1v) is 0.365. The first-order chi connectivity index (χ1) is 1.41. The van der Waals surface area contributed by atoms with Gasteiger partial charge >= 0.3 is 0 Å². The Hall–Kier alpha value is 1.02. The molecule has 0 rings (SSSR count). The summed E-state index contributed by atoms with van der Waals surface area (Å²) in [6.07, 6.45) is 0. The van der Waals surface area contributed by atoms with E-state index in [0.717, 1.165) is 0 Å². The van der Waals surface area contributed by atoms with Crippen LogP contribution in [0.3, 0.4) is 0 Å². The molecule has 0 saturated heterocycles. The van der Waals surface area contributed by atoms with Gasteiger partial charge in [-0.25, -0.2) is 10.5 Å². The SMILES string of the molecule is OOO.[Fe].[Ru]. The van der Waals surface area contributed by atoms with Crippen LogP contribution in [0, 0.1) is 0 Å². The zero-order valence-electron chi connectivity index (χ0n) is 2.01. The van der Waals surface area contributed by atoms with E-state index in [1.54, 1.807) is 0 Å². The maximum Gasteiger partial charge on any atom is 0 e. The Bertz CT molecular complexity index is 6.85. The fraction of sp³-hybridized carbons (Fsp3) is 0. The van der Waals surface area contributed by atoms with Gasteiger partial charge in [-0.2, -0.15) is 0 Å². The van der Waals surface area contributed by atoms with E-state index in [1.165, 1.54) is 0 Å². The molecular formula is H2FeO3Ru. The molecule has 0 atom stereocenters. The summed E-state index contributed by atoms with van der Waals surface area (Å²) in [4.78, 5) is 0. The fourth-order valence-electron chi connectivity index (χ4n) is 0. The van der Waals surface area contributed by atoms with E-state index in [1.807, 2.05) is 0 Å². The third-order valence-corrected chi connectivity index (χ3v) is 0. The molecule has 0 fully saturated rings. The van der Waals surface area contributed by atoms with Crippen molar-refractivity contribution in [3.63, 3.8) is 0 Å². The molecular weight excluding hydrogens is 205 g/mol. The molecule has 0 spiro atoms. The van der Waals surface area contributed by atoms with Gasteiger partial charge in [-0.15, -0.1) is 0 Å². The smallest absolute Gasteiger partial charge is 0 e. The molecule has 0 aliphatic rings. The molecule has 0 bridgehead atoms. The first kappa shape index (κ1) is 16.6. The maximum absolute atomic E-state index is 6.62. The number of rotatable bonds is 0. The molecule has 0 aromatic carbocycles. The molecule has 3 nitrogen and oxygen atoms in total. The molecule has 0 aliphatic heterocycles. The van der Waals surface area contributed by atoms with E-state index in [-0.39, 0.29) is 36.5 Å². The number of hydrogen-bond acceptors (Lipinski definition) is 3. The average molecular weight is 207 g/mol. The molecule has 5 heavy (non-hydrogen) atoms. The van der Waals surface area contributed by atoms with Gasteiger partial charge in [0.05, 0.1) is 0 Å². The van der Waals surface area contributed by atoms with Crippen molar-refractivity contribution in [2.24, 2.45) is 0 Å². The Kier molecular flexibility index (Phi) is 66.1. The van der Waals surface area contributed by atoms with Gasteiger partial charge in [0.15, 0.2) is 0 Å². The van der Waals surface area contributed by atoms with Crippen LogP contribution in [0.4, 0.5) is 0 Å². The third kappa shape index (κ3) is 43.9. The van der Waals surface area contributed by atoms with E-state index in [2.05, 4.69) is 5.04 Å². The second-order valence-corrected chi connectivity index (χ2v) is 0.0816. The standard InChI is InChI=1S/Fe.H2O3.Ru/c;1-3-2;/h;1-2H;. The van der Waals surface area contributed by atoms with Crippen molar-refractivity contribution in [2.75, 3.05) is 0 Å². The summed E-state index contributed by atoms with van der Waals surface area (Å²) < 4.78 is 0. The minimum absolute atomic E-state index is 0. The van der Waals surface area contributed by atoms with Gasteiger partial charge in [0, 0.05) is 36.5 Å². The summed E-state index contributed by atoms with van der Waals surface area (Å²) in [6.45, 7) is 0. The maximum atomic E-state index is 6.62. The molecule has 0 aliphatic carbocycles. The molecule has 5 heteroatoms. The molecule has 0 aromatic heterocycles. The average Bonchev–Trinajstić information content (AvgIpc) is 0.918. The molecule has 0 saturated carbocycles. The van der Waals surface area contributed by atoms with Crippen LogP contribution in [0.2, 0.25) is 0 Å². The predicted molar refractivity (Wildman–Crippen MR) is 6.34 cm³/mol. The van der Waals surface area contributed by atoms with Crippen molar-refractivity contribution in [1.82, 2.24) is 0 Å². The van der Waals surface area contributed by atoms with Gasteiger partial charge in [-0.05, 0) is 0 Å². The van der Waals surface area contributed by atoms with Crippen molar-refractivity contribution >= 4 is 0 Å². The predicted octanol–water partition coefficient (Wildman–Crippen LogP) is -0.0560. The van der Waals surface area contributed by atoms with Crippen LogP contribution in [0.1, 0.15) is 0 Å². The Balaban J connectivity index is -0.0000000200. The molecule has 36 valence electrons. The Morgan fingerprint density at radius 2 is 1.20 bits per heavy atom. The summed E-state index contributed by atoms with van der Waals surface area (Å²) in [7, 11) is 0. The topological polar surface area (TPSA) is 49.7 Å². The van der Waals surface area contributed by atoms with E-state index in [9.17, 15) is 0 Å². The van der Waals surface area contributed by atoms with E-state index in [4.69, 9.17) is 10.5 Å². The molecule has 0 radical (unpaired) electrons. The molecule has 0 unspecified atom stereocenters. The van der Waals surface area contributed by atoms with Crippen molar-refractivity contribution in [3.8, 4) is 0 Å². The summed E-state index contributed by atoms with van der Waals surface area (Å²) in [5.41, 5.74) is 0. The second kappa shape index (κ2) is 19.9. The Morgan fingerprint density at radius 3 is 1.20 bits per heavy atom. The summed E-state index contributed by atoms with van der Waals surface area (Å²) in [5.74, 6) is 0.